The summed E-state index contributed by atoms with van der Waals surface area (Å²) >= 11 is 0. The van der Waals surface area contributed by atoms with Gasteiger partial charge in [-0.15, -0.1) is 5.10 Å². The number of amides is 1. The van der Waals surface area contributed by atoms with Crippen molar-refractivity contribution < 1.29 is 13.9 Å². The van der Waals surface area contributed by atoms with Gasteiger partial charge < -0.3 is 10.1 Å². The van der Waals surface area contributed by atoms with Gasteiger partial charge in [0.15, 0.2) is 0 Å². The van der Waals surface area contributed by atoms with Crippen LogP contribution in [0.3, 0.4) is 0 Å². The highest BCUT2D eigenvalue weighted by molar-refractivity contribution is 6.06. The zero-order valence-electron chi connectivity index (χ0n) is 14.5. The Morgan fingerprint density at radius 3 is 2.54 bits per heavy atom. The molecule has 1 heterocycles. The molecule has 0 saturated carbocycles. The molecule has 8 heteroatoms. The number of nitrogens with zero attached hydrogens (tertiary/aromatic N) is 4. The monoisotopic (exact) mass is 375 g/mol. The van der Waals surface area contributed by atoms with Gasteiger partial charge in [0.05, 0.1) is 11.3 Å². The van der Waals surface area contributed by atoms with E-state index in [4.69, 9.17) is 4.74 Å². The first-order valence-corrected chi connectivity index (χ1v) is 8.36. The maximum atomic E-state index is 13.2. The fourth-order valence-corrected chi connectivity index (χ4v) is 2.61. The quantitative estimate of drug-likeness (QED) is 0.573. The lowest BCUT2D eigenvalue weighted by Crippen LogP contribution is -2.15. The van der Waals surface area contributed by atoms with Crippen molar-refractivity contribution >= 4 is 11.6 Å². The van der Waals surface area contributed by atoms with E-state index in [-0.39, 0.29) is 11.7 Å². The molecule has 4 aromatic rings. The van der Waals surface area contributed by atoms with E-state index < -0.39 is 0 Å². The largest absolute Gasteiger partial charge is 0.457 e. The molecule has 3 aromatic carbocycles. The maximum Gasteiger partial charge on any atom is 0.257 e. The molecule has 0 aliphatic heterocycles. The van der Waals surface area contributed by atoms with Gasteiger partial charge in [0.25, 0.3) is 5.91 Å². The van der Waals surface area contributed by atoms with Crippen molar-refractivity contribution in [2.45, 2.75) is 0 Å². The molecule has 138 valence electrons. The predicted octanol–water partition coefficient (Wildman–Crippen LogP) is 3.85. The Hall–Kier alpha value is -4.07. The highest BCUT2D eigenvalue weighted by Gasteiger charge is 2.13. The summed E-state index contributed by atoms with van der Waals surface area (Å²) in [6.07, 6.45) is 1.42. The van der Waals surface area contributed by atoms with E-state index in [1.165, 1.54) is 23.1 Å². The Kier molecular flexibility index (Phi) is 4.75. The summed E-state index contributed by atoms with van der Waals surface area (Å²) < 4.78 is 20.2. The number of aromatic nitrogens is 4. The normalized spacial score (nSPS) is 10.5. The molecule has 0 aliphatic carbocycles. The average Bonchev–Trinajstić information content (AvgIpc) is 3.24. The fraction of sp³-hybridized carbons (Fsp3) is 0. The van der Waals surface area contributed by atoms with Crippen LogP contribution in [0.15, 0.2) is 79.1 Å². The Balaban J connectivity index is 1.49. The number of nitrogens with one attached hydrogen (secondary N) is 1. The number of anilines is 1. The molecule has 7 nitrogen and oxygen atoms in total. The second-order valence-corrected chi connectivity index (χ2v) is 5.81. The van der Waals surface area contributed by atoms with Crippen molar-refractivity contribution in [3.8, 4) is 17.2 Å². The first-order chi connectivity index (χ1) is 13.7. The number of benzene rings is 3. The number of tetrazole rings is 1. The molecule has 0 unspecified atom stereocenters. The van der Waals surface area contributed by atoms with Gasteiger partial charge in [-0.1, -0.05) is 18.2 Å². The minimum atomic E-state index is -0.373. The Bertz CT molecular complexity index is 1100. The zero-order valence-corrected chi connectivity index (χ0v) is 14.5. The summed E-state index contributed by atoms with van der Waals surface area (Å²) in [7, 11) is 0. The number of halogens is 1. The maximum absolute atomic E-state index is 13.2. The van der Waals surface area contributed by atoms with Crippen molar-refractivity contribution in [1.29, 1.82) is 0 Å². The number of ether oxygens (including phenoxy) is 1. The third kappa shape index (κ3) is 3.85. The van der Waals surface area contributed by atoms with Crippen LogP contribution in [0.4, 0.5) is 10.1 Å². The number of hydrogen-bond donors (Lipinski definition) is 1. The smallest absolute Gasteiger partial charge is 0.257 e. The van der Waals surface area contributed by atoms with Crippen LogP contribution in [0.1, 0.15) is 10.4 Å². The molecule has 0 spiro atoms. The standard InChI is InChI=1S/C20H14FN5O2/c21-14-4-3-5-17(12-14)28-16-10-8-15(9-11-16)23-20(27)18-6-1-2-7-19(18)26-13-22-24-25-26/h1-13H,(H,23,27). The van der Waals surface area contributed by atoms with Crippen LogP contribution in [0.2, 0.25) is 0 Å². The van der Waals surface area contributed by atoms with Crippen LogP contribution in [0, 0.1) is 5.82 Å². The van der Waals surface area contributed by atoms with Crippen molar-refractivity contribution in [3.63, 3.8) is 0 Å². The number of para-hydroxylation sites is 1. The minimum Gasteiger partial charge on any atom is -0.457 e. The molecule has 0 aliphatic rings. The Morgan fingerprint density at radius 1 is 0.964 bits per heavy atom. The topological polar surface area (TPSA) is 81.9 Å². The van der Waals surface area contributed by atoms with Crippen molar-refractivity contribution in [3.05, 3.63) is 90.5 Å². The van der Waals surface area contributed by atoms with E-state index in [0.717, 1.165) is 0 Å². The molecule has 0 bridgehead atoms. The van der Waals surface area contributed by atoms with Crippen LogP contribution in [-0.2, 0) is 0 Å². The van der Waals surface area contributed by atoms with Crippen LogP contribution in [-0.4, -0.2) is 26.1 Å². The second-order valence-electron chi connectivity index (χ2n) is 5.81. The highest BCUT2D eigenvalue weighted by Crippen LogP contribution is 2.24. The van der Waals surface area contributed by atoms with Crippen molar-refractivity contribution in [1.82, 2.24) is 20.2 Å². The summed E-state index contributed by atoms with van der Waals surface area (Å²) in [6.45, 7) is 0. The Morgan fingerprint density at radius 2 is 1.79 bits per heavy atom. The summed E-state index contributed by atoms with van der Waals surface area (Å²) in [6, 6.07) is 19.7. The third-order valence-electron chi connectivity index (χ3n) is 3.89. The summed E-state index contributed by atoms with van der Waals surface area (Å²) in [5.74, 6) is 0.248. The molecule has 0 atom stereocenters. The van der Waals surface area contributed by atoms with E-state index in [9.17, 15) is 9.18 Å². The van der Waals surface area contributed by atoms with E-state index in [1.807, 2.05) is 0 Å². The molecule has 0 fully saturated rings. The van der Waals surface area contributed by atoms with Gasteiger partial charge in [-0.25, -0.2) is 4.39 Å². The molecule has 1 N–H and O–H groups in total. The SMILES string of the molecule is O=C(Nc1ccc(Oc2cccc(F)c2)cc1)c1ccccc1-n1cnnn1. The molecule has 0 saturated heterocycles. The van der Waals surface area contributed by atoms with Crippen LogP contribution in [0.25, 0.3) is 5.69 Å². The second kappa shape index (κ2) is 7.67. The molecule has 1 aromatic heterocycles. The first kappa shape index (κ1) is 17.3. The van der Waals surface area contributed by atoms with Gasteiger partial charge in [-0.05, 0) is 59.0 Å². The van der Waals surface area contributed by atoms with Crippen LogP contribution in [0.5, 0.6) is 11.5 Å². The van der Waals surface area contributed by atoms with Gasteiger partial charge in [0, 0.05) is 11.8 Å². The van der Waals surface area contributed by atoms with Gasteiger partial charge in [-0.3, -0.25) is 4.79 Å². The number of carbonyl (C=O) groups is 1. The van der Waals surface area contributed by atoms with Crippen LogP contribution >= 0.6 is 0 Å². The van der Waals surface area contributed by atoms with E-state index >= 15 is 0 Å². The number of rotatable bonds is 5. The lowest BCUT2D eigenvalue weighted by molar-refractivity contribution is 0.102. The highest BCUT2D eigenvalue weighted by atomic mass is 19.1. The van der Waals surface area contributed by atoms with Gasteiger partial charge in [0.1, 0.15) is 23.6 Å². The minimum absolute atomic E-state index is 0.301. The summed E-state index contributed by atoms with van der Waals surface area (Å²) in [5, 5.41) is 13.8. The lowest BCUT2D eigenvalue weighted by atomic mass is 10.1. The zero-order chi connectivity index (χ0) is 19.3. The van der Waals surface area contributed by atoms with E-state index in [2.05, 4.69) is 20.8 Å². The van der Waals surface area contributed by atoms with E-state index in [1.54, 1.807) is 60.7 Å². The van der Waals surface area contributed by atoms with E-state index in [0.29, 0.717) is 28.4 Å². The summed E-state index contributed by atoms with van der Waals surface area (Å²) in [5.41, 5.74) is 1.58. The summed E-state index contributed by atoms with van der Waals surface area (Å²) in [4.78, 5) is 12.7. The van der Waals surface area contributed by atoms with Crippen LogP contribution < -0.4 is 10.1 Å². The molecular formula is C20H14FN5O2. The molecule has 0 radical (unpaired) electrons. The van der Waals surface area contributed by atoms with Crippen molar-refractivity contribution in [2.24, 2.45) is 0 Å². The van der Waals surface area contributed by atoms with Gasteiger partial charge in [-0.2, -0.15) is 4.68 Å². The van der Waals surface area contributed by atoms with Crippen molar-refractivity contribution in [2.75, 3.05) is 5.32 Å². The molecule has 4 rings (SSSR count). The first-order valence-electron chi connectivity index (χ1n) is 8.36. The number of hydrogen-bond acceptors (Lipinski definition) is 5. The average molecular weight is 375 g/mol. The number of carbonyl (C=O) groups excluding carboxylic acids is 1. The fourth-order valence-electron chi connectivity index (χ4n) is 2.61. The third-order valence-corrected chi connectivity index (χ3v) is 3.89. The van der Waals surface area contributed by atoms with Gasteiger partial charge >= 0.3 is 0 Å². The predicted molar refractivity (Wildman–Crippen MR) is 100 cm³/mol. The molecular weight excluding hydrogens is 361 g/mol. The Labute approximate surface area is 159 Å². The van der Waals surface area contributed by atoms with Gasteiger partial charge in [0.2, 0.25) is 0 Å². The molecule has 28 heavy (non-hydrogen) atoms. The lowest BCUT2D eigenvalue weighted by Gasteiger charge is -2.10. The molecule has 1 amide bonds.